The van der Waals surface area contributed by atoms with E-state index in [-0.39, 0.29) is 6.42 Å². The molecule has 0 spiro atoms. The van der Waals surface area contributed by atoms with Crippen LogP contribution in [0.1, 0.15) is 37.8 Å². The van der Waals surface area contributed by atoms with Gasteiger partial charge < -0.3 is 15.3 Å². The maximum atomic E-state index is 10.6. The van der Waals surface area contributed by atoms with Gasteiger partial charge in [-0.1, -0.05) is 24.3 Å². The Hall–Kier alpha value is -1.39. The summed E-state index contributed by atoms with van der Waals surface area (Å²) in [5.41, 5.74) is 2.05. The Morgan fingerprint density at radius 1 is 1.19 bits per heavy atom. The molecule has 0 radical (unpaired) electrons. The van der Waals surface area contributed by atoms with E-state index < -0.39 is 5.97 Å². The highest BCUT2D eigenvalue weighted by atomic mass is 16.4. The van der Waals surface area contributed by atoms with Gasteiger partial charge in [-0.05, 0) is 58.0 Å². The molecule has 0 aliphatic rings. The first kappa shape index (κ1) is 17.7. The molecule has 118 valence electrons. The zero-order valence-corrected chi connectivity index (χ0v) is 13.4. The average molecular weight is 292 g/mol. The van der Waals surface area contributed by atoms with E-state index >= 15 is 0 Å². The number of aliphatic carboxylic acids is 1. The van der Waals surface area contributed by atoms with Crippen LogP contribution in [0.4, 0.5) is 0 Å². The second-order valence-corrected chi connectivity index (χ2v) is 5.85. The predicted octanol–water partition coefficient (Wildman–Crippen LogP) is 2.52. The number of rotatable bonds is 10. The van der Waals surface area contributed by atoms with Gasteiger partial charge in [0.1, 0.15) is 0 Å². The Morgan fingerprint density at radius 3 is 2.38 bits per heavy atom. The van der Waals surface area contributed by atoms with Crippen LogP contribution in [0, 0.1) is 0 Å². The number of benzene rings is 1. The van der Waals surface area contributed by atoms with Crippen molar-refractivity contribution in [1.82, 2.24) is 10.2 Å². The molecule has 0 heterocycles. The molecule has 0 saturated heterocycles. The molecule has 1 rings (SSSR count). The first-order chi connectivity index (χ1) is 9.99. The number of nitrogens with zero attached hydrogens (tertiary/aromatic N) is 1. The molecule has 0 amide bonds. The molecule has 0 saturated carbocycles. The maximum Gasteiger partial charge on any atom is 0.307 e. The van der Waals surface area contributed by atoms with Crippen LogP contribution in [-0.4, -0.2) is 42.2 Å². The highest BCUT2D eigenvalue weighted by Crippen LogP contribution is 2.05. The third-order valence-corrected chi connectivity index (χ3v) is 3.70. The molecule has 0 bridgehead atoms. The predicted molar refractivity (Wildman–Crippen MR) is 86.5 cm³/mol. The van der Waals surface area contributed by atoms with Crippen LogP contribution in [-0.2, 0) is 17.8 Å². The van der Waals surface area contributed by atoms with E-state index in [0.29, 0.717) is 6.04 Å². The molecule has 0 fully saturated rings. The highest BCUT2D eigenvalue weighted by Gasteiger charge is 2.02. The molecule has 21 heavy (non-hydrogen) atoms. The van der Waals surface area contributed by atoms with Crippen LogP contribution in [0.2, 0.25) is 0 Å². The van der Waals surface area contributed by atoms with Crippen molar-refractivity contribution in [3.05, 3.63) is 35.4 Å². The minimum Gasteiger partial charge on any atom is -0.481 e. The minimum atomic E-state index is -0.785. The van der Waals surface area contributed by atoms with Crippen molar-refractivity contribution in [2.75, 3.05) is 20.1 Å². The summed E-state index contributed by atoms with van der Waals surface area (Å²) in [5.74, 6) is -0.785. The second-order valence-electron chi connectivity index (χ2n) is 5.85. The Balaban J connectivity index is 2.14. The van der Waals surface area contributed by atoms with Gasteiger partial charge in [-0.2, -0.15) is 0 Å². The molecule has 2 N–H and O–H groups in total. The normalized spacial score (nSPS) is 11.3. The van der Waals surface area contributed by atoms with Gasteiger partial charge in [0.2, 0.25) is 0 Å². The van der Waals surface area contributed by atoms with Gasteiger partial charge in [0.05, 0.1) is 6.42 Å². The van der Waals surface area contributed by atoms with Crippen LogP contribution < -0.4 is 5.32 Å². The van der Waals surface area contributed by atoms with Crippen molar-refractivity contribution in [3.63, 3.8) is 0 Å². The molecule has 0 aliphatic carbocycles. The van der Waals surface area contributed by atoms with E-state index in [9.17, 15) is 4.79 Å². The third kappa shape index (κ3) is 7.83. The number of hydrogen-bond donors (Lipinski definition) is 2. The third-order valence-electron chi connectivity index (χ3n) is 3.70. The number of unbranched alkanes of at least 4 members (excludes halogenated alkanes) is 1. The number of carbonyl (C=O) groups is 1. The van der Waals surface area contributed by atoms with Crippen LogP contribution in [0.5, 0.6) is 0 Å². The summed E-state index contributed by atoms with van der Waals surface area (Å²) in [5, 5.41) is 12.1. The van der Waals surface area contributed by atoms with Crippen molar-refractivity contribution >= 4 is 5.97 Å². The lowest BCUT2D eigenvalue weighted by Crippen LogP contribution is -2.27. The van der Waals surface area contributed by atoms with E-state index in [1.165, 1.54) is 18.4 Å². The zero-order valence-electron chi connectivity index (χ0n) is 13.4. The molecule has 1 aromatic carbocycles. The topological polar surface area (TPSA) is 52.6 Å². The van der Waals surface area contributed by atoms with Gasteiger partial charge in [0.15, 0.2) is 0 Å². The highest BCUT2D eigenvalue weighted by molar-refractivity contribution is 5.70. The smallest absolute Gasteiger partial charge is 0.307 e. The van der Waals surface area contributed by atoms with Gasteiger partial charge in [0.25, 0.3) is 0 Å². The Morgan fingerprint density at radius 2 is 1.81 bits per heavy atom. The van der Waals surface area contributed by atoms with Crippen LogP contribution in [0.25, 0.3) is 0 Å². The molecular formula is C17H28N2O2. The Bertz CT molecular complexity index is 415. The molecule has 4 heteroatoms. The van der Waals surface area contributed by atoms with E-state index in [0.717, 1.165) is 25.2 Å². The quantitative estimate of drug-likeness (QED) is 0.651. The summed E-state index contributed by atoms with van der Waals surface area (Å²) in [7, 11) is 2.16. The van der Waals surface area contributed by atoms with Crippen molar-refractivity contribution in [1.29, 1.82) is 0 Å². The number of carboxylic acid groups (broad SMARTS) is 1. The van der Waals surface area contributed by atoms with Gasteiger partial charge >= 0.3 is 5.97 Å². The summed E-state index contributed by atoms with van der Waals surface area (Å²) >= 11 is 0. The van der Waals surface area contributed by atoms with E-state index in [2.05, 4.69) is 31.1 Å². The summed E-state index contributed by atoms with van der Waals surface area (Å²) in [6.07, 6.45) is 2.48. The summed E-state index contributed by atoms with van der Waals surface area (Å²) in [6.45, 7) is 7.43. The lowest BCUT2D eigenvalue weighted by molar-refractivity contribution is -0.136. The van der Waals surface area contributed by atoms with Crippen molar-refractivity contribution in [3.8, 4) is 0 Å². The van der Waals surface area contributed by atoms with Crippen LogP contribution in [0.15, 0.2) is 24.3 Å². The van der Waals surface area contributed by atoms with Gasteiger partial charge in [-0.25, -0.2) is 0 Å². The fraction of sp³-hybridized carbons (Fsp3) is 0.588. The molecule has 0 atom stereocenters. The van der Waals surface area contributed by atoms with Gasteiger partial charge in [-0.3, -0.25) is 4.79 Å². The van der Waals surface area contributed by atoms with Gasteiger partial charge in [-0.15, -0.1) is 0 Å². The lowest BCUT2D eigenvalue weighted by atomic mass is 10.1. The van der Waals surface area contributed by atoms with E-state index in [1.54, 1.807) is 0 Å². The fourth-order valence-corrected chi connectivity index (χ4v) is 2.05. The van der Waals surface area contributed by atoms with Gasteiger partial charge in [0, 0.05) is 12.6 Å². The molecule has 0 unspecified atom stereocenters. The van der Waals surface area contributed by atoms with Crippen molar-refractivity contribution in [2.45, 2.75) is 45.7 Å². The summed E-state index contributed by atoms with van der Waals surface area (Å²) in [4.78, 5) is 13.0. The molecule has 0 aromatic heterocycles. The minimum absolute atomic E-state index is 0.0943. The first-order valence-corrected chi connectivity index (χ1v) is 7.69. The number of nitrogens with one attached hydrogen (secondary N) is 1. The fourth-order valence-electron chi connectivity index (χ4n) is 2.05. The largest absolute Gasteiger partial charge is 0.481 e. The first-order valence-electron chi connectivity index (χ1n) is 7.69. The summed E-state index contributed by atoms with van der Waals surface area (Å²) < 4.78 is 0. The molecule has 4 nitrogen and oxygen atoms in total. The van der Waals surface area contributed by atoms with E-state index in [4.69, 9.17) is 5.11 Å². The van der Waals surface area contributed by atoms with Crippen molar-refractivity contribution in [2.24, 2.45) is 0 Å². The van der Waals surface area contributed by atoms with Crippen LogP contribution in [0.3, 0.4) is 0 Å². The number of carboxylic acids is 1. The maximum absolute atomic E-state index is 10.6. The summed E-state index contributed by atoms with van der Waals surface area (Å²) in [6, 6.07) is 8.39. The zero-order chi connectivity index (χ0) is 15.7. The monoisotopic (exact) mass is 292 g/mol. The molecule has 1 aromatic rings. The lowest BCUT2D eigenvalue weighted by Gasteiger charge is -2.20. The number of hydrogen-bond acceptors (Lipinski definition) is 3. The van der Waals surface area contributed by atoms with E-state index in [1.807, 2.05) is 24.3 Å². The standard InChI is InChI=1S/C17H28N2O2/c1-14(2)19(3)11-5-4-10-18-13-16-8-6-15(7-9-16)12-17(20)21/h6-9,14,18H,4-5,10-13H2,1-3H3,(H,20,21). The average Bonchev–Trinajstić information content (AvgIpc) is 2.43. The SMILES string of the molecule is CC(C)N(C)CCCCNCc1ccc(CC(=O)O)cc1. The van der Waals surface area contributed by atoms with Crippen molar-refractivity contribution < 1.29 is 9.90 Å². The second kappa shape index (κ2) is 9.53. The Kier molecular flexibility index (Phi) is 8.01. The Labute approximate surface area is 128 Å². The van der Waals surface area contributed by atoms with Crippen LogP contribution >= 0.6 is 0 Å². The molecular weight excluding hydrogens is 264 g/mol. The molecule has 0 aliphatic heterocycles.